The van der Waals surface area contributed by atoms with Crippen LogP contribution < -0.4 is 5.32 Å². The van der Waals surface area contributed by atoms with Crippen molar-refractivity contribution in [3.8, 4) is 17.2 Å². The molecule has 0 bridgehead atoms. The molecule has 0 saturated heterocycles. The molecule has 1 N–H and O–H groups in total. The van der Waals surface area contributed by atoms with Gasteiger partial charge in [0.05, 0.1) is 23.1 Å². The van der Waals surface area contributed by atoms with Crippen LogP contribution in [-0.2, 0) is 6.42 Å². The number of carbonyl (C=O) groups excluding carboxylic acids is 1. The molecule has 4 aromatic heterocycles. The Balaban J connectivity index is 1.51. The van der Waals surface area contributed by atoms with Crippen molar-refractivity contribution in [2.75, 3.05) is 6.54 Å². The number of amides is 1. The zero-order chi connectivity index (χ0) is 21.1. The van der Waals surface area contributed by atoms with Gasteiger partial charge >= 0.3 is 0 Å². The summed E-state index contributed by atoms with van der Waals surface area (Å²) in [4.78, 5) is 28.1. The Morgan fingerprint density at radius 3 is 2.67 bits per heavy atom. The Hall–Kier alpha value is -3.39. The molecule has 4 rings (SSSR count). The van der Waals surface area contributed by atoms with E-state index in [2.05, 4.69) is 45.3 Å². The van der Waals surface area contributed by atoms with Gasteiger partial charge in [0.2, 0.25) is 0 Å². The largest absolute Gasteiger partial charge is 0.352 e. The third-order valence-electron chi connectivity index (χ3n) is 4.85. The van der Waals surface area contributed by atoms with Gasteiger partial charge < -0.3 is 5.32 Å². The summed E-state index contributed by atoms with van der Waals surface area (Å²) in [5.74, 6) is 0.289. The molecule has 0 aliphatic carbocycles. The van der Waals surface area contributed by atoms with Gasteiger partial charge in [0, 0.05) is 40.5 Å². The topological polar surface area (TPSA) is 85.6 Å². The maximum absolute atomic E-state index is 12.6. The fraction of sp³-hybridized carbons (Fsp3) is 0.227. The molecule has 0 radical (unpaired) electrons. The molecule has 0 aliphatic rings. The van der Waals surface area contributed by atoms with Crippen molar-refractivity contribution in [1.29, 1.82) is 0 Å². The molecule has 0 unspecified atom stereocenters. The lowest BCUT2D eigenvalue weighted by atomic mass is 10.2. The van der Waals surface area contributed by atoms with Crippen LogP contribution in [0.15, 0.2) is 49.1 Å². The molecular formula is C22H22N6OS. The van der Waals surface area contributed by atoms with E-state index in [1.165, 1.54) is 9.75 Å². The molecule has 8 heteroatoms. The number of nitrogens with one attached hydrogen (secondary N) is 1. The molecule has 4 aromatic rings. The number of rotatable bonds is 6. The minimum atomic E-state index is -0.159. The quantitative estimate of drug-likeness (QED) is 0.516. The zero-order valence-corrected chi connectivity index (χ0v) is 17.9. The number of nitrogens with zero attached hydrogens (tertiary/aromatic N) is 5. The molecule has 0 aliphatic heterocycles. The summed E-state index contributed by atoms with van der Waals surface area (Å²) in [6.07, 6.45) is 7.52. The number of aryl methyl sites for hydroxylation is 2. The minimum Gasteiger partial charge on any atom is -0.352 e. The van der Waals surface area contributed by atoms with Gasteiger partial charge in [-0.3, -0.25) is 9.78 Å². The molecule has 0 fully saturated rings. The van der Waals surface area contributed by atoms with E-state index in [1.807, 2.05) is 25.1 Å². The van der Waals surface area contributed by atoms with Gasteiger partial charge in [-0.1, -0.05) is 0 Å². The van der Waals surface area contributed by atoms with Gasteiger partial charge in [0.25, 0.3) is 11.9 Å². The summed E-state index contributed by atoms with van der Waals surface area (Å²) in [5.41, 5.74) is 4.29. The lowest BCUT2D eigenvalue weighted by Crippen LogP contribution is -2.26. The van der Waals surface area contributed by atoms with E-state index in [-0.39, 0.29) is 5.91 Å². The zero-order valence-electron chi connectivity index (χ0n) is 17.1. The molecule has 30 heavy (non-hydrogen) atoms. The Morgan fingerprint density at radius 1 is 1.13 bits per heavy atom. The molecule has 0 atom stereocenters. The van der Waals surface area contributed by atoms with Crippen LogP contribution in [0, 0.1) is 20.8 Å². The predicted molar refractivity (Wildman–Crippen MR) is 117 cm³/mol. The highest BCUT2D eigenvalue weighted by Crippen LogP contribution is 2.29. The van der Waals surface area contributed by atoms with Crippen molar-refractivity contribution in [3.63, 3.8) is 0 Å². The van der Waals surface area contributed by atoms with Gasteiger partial charge in [0.1, 0.15) is 0 Å². The molecule has 0 aromatic carbocycles. The van der Waals surface area contributed by atoms with E-state index in [1.54, 1.807) is 40.8 Å². The van der Waals surface area contributed by atoms with Crippen LogP contribution in [0.1, 0.15) is 31.4 Å². The van der Waals surface area contributed by atoms with Gasteiger partial charge in [-0.25, -0.2) is 14.6 Å². The van der Waals surface area contributed by atoms with Crippen molar-refractivity contribution >= 4 is 17.2 Å². The number of pyridine rings is 1. The second kappa shape index (κ2) is 8.54. The summed E-state index contributed by atoms with van der Waals surface area (Å²) in [5, 5.41) is 7.31. The third kappa shape index (κ3) is 4.13. The van der Waals surface area contributed by atoms with E-state index in [0.717, 1.165) is 23.2 Å². The van der Waals surface area contributed by atoms with E-state index in [0.29, 0.717) is 23.8 Å². The number of aromatic nitrogens is 5. The second-order valence-corrected chi connectivity index (χ2v) is 8.45. The first-order valence-electron chi connectivity index (χ1n) is 9.65. The summed E-state index contributed by atoms with van der Waals surface area (Å²) in [6, 6.07) is 7.90. The summed E-state index contributed by atoms with van der Waals surface area (Å²) in [6.45, 7) is 6.56. The van der Waals surface area contributed by atoms with Crippen molar-refractivity contribution < 1.29 is 4.79 Å². The van der Waals surface area contributed by atoms with Gasteiger partial charge in [-0.05, 0) is 57.0 Å². The predicted octanol–water partition coefficient (Wildman–Crippen LogP) is 3.68. The van der Waals surface area contributed by atoms with Crippen LogP contribution in [0.2, 0.25) is 0 Å². The fourth-order valence-electron chi connectivity index (χ4n) is 3.28. The lowest BCUT2D eigenvalue weighted by molar-refractivity contribution is 0.0953. The number of hydrogen-bond acceptors (Lipinski definition) is 6. The first-order valence-corrected chi connectivity index (χ1v) is 10.5. The highest BCUT2D eigenvalue weighted by molar-refractivity contribution is 7.12. The molecule has 1 amide bonds. The van der Waals surface area contributed by atoms with E-state index >= 15 is 0 Å². The smallest absolute Gasteiger partial charge is 0.254 e. The maximum Gasteiger partial charge on any atom is 0.254 e. The molecular weight excluding hydrogens is 396 g/mol. The second-order valence-electron chi connectivity index (χ2n) is 6.99. The molecule has 0 saturated carbocycles. The Morgan fingerprint density at radius 2 is 1.93 bits per heavy atom. The molecule has 0 spiro atoms. The molecule has 152 valence electrons. The maximum atomic E-state index is 12.6. The van der Waals surface area contributed by atoms with Crippen LogP contribution in [0.5, 0.6) is 0 Å². The van der Waals surface area contributed by atoms with Crippen molar-refractivity contribution in [2.24, 2.45) is 0 Å². The van der Waals surface area contributed by atoms with E-state index in [4.69, 9.17) is 0 Å². The van der Waals surface area contributed by atoms with Gasteiger partial charge in [0.15, 0.2) is 0 Å². The van der Waals surface area contributed by atoms with Crippen LogP contribution in [0.3, 0.4) is 0 Å². The monoisotopic (exact) mass is 418 g/mol. The Labute approximate surface area is 178 Å². The number of hydrogen-bond donors (Lipinski definition) is 1. The van der Waals surface area contributed by atoms with Gasteiger partial charge in [-0.2, -0.15) is 5.10 Å². The SMILES string of the molecule is Cc1cc(-c2ccnc(-n3ncc(C(=O)NCCc4ccncc4)c3C)n2)c(C)s1. The van der Waals surface area contributed by atoms with Gasteiger partial charge in [-0.15, -0.1) is 11.3 Å². The third-order valence-corrected chi connectivity index (χ3v) is 5.82. The van der Waals surface area contributed by atoms with E-state index < -0.39 is 0 Å². The standard InChI is InChI=1S/C22H22N6OS/c1-14-12-18(16(3)30-14)20-7-11-25-22(27-20)28-15(2)19(13-26-28)21(29)24-10-6-17-4-8-23-9-5-17/h4-5,7-9,11-13H,6,10H2,1-3H3,(H,24,29). The fourth-order valence-corrected chi connectivity index (χ4v) is 4.22. The normalized spacial score (nSPS) is 10.9. The van der Waals surface area contributed by atoms with Crippen LogP contribution >= 0.6 is 11.3 Å². The van der Waals surface area contributed by atoms with Crippen LogP contribution in [-0.4, -0.2) is 37.2 Å². The lowest BCUT2D eigenvalue weighted by Gasteiger charge is -2.07. The summed E-state index contributed by atoms with van der Waals surface area (Å²) in [7, 11) is 0. The highest BCUT2D eigenvalue weighted by atomic mass is 32.1. The Bertz CT molecular complexity index is 1180. The summed E-state index contributed by atoms with van der Waals surface area (Å²) >= 11 is 1.74. The van der Waals surface area contributed by atoms with Crippen LogP contribution in [0.4, 0.5) is 0 Å². The average molecular weight is 419 g/mol. The summed E-state index contributed by atoms with van der Waals surface area (Å²) < 4.78 is 1.61. The number of carbonyl (C=O) groups is 1. The van der Waals surface area contributed by atoms with Crippen molar-refractivity contribution in [3.05, 3.63) is 75.6 Å². The first-order chi connectivity index (χ1) is 14.5. The average Bonchev–Trinajstić information content (AvgIpc) is 3.30. The van der Waals surface area contributed by atoms with E-state index in [9.17, 15) is 4.79 Å². The number of thiophene rings is 1. The highest BCUT2D eigenvalue weighted by Gasteiger charge is 2.17. The molecule has 7 nitrogen and oxygen atoms in total. The van der Waals surface area contributed by atoms with Crippen molar-refractivity contribution in [2.45, 2.75) is 27.2 Å². The minimum absolute atomic E-state index is 0.159. The molecule has 4 heterocycles. The van der Waals surface area contributed by atoms with Crippen molar-refractivity contribution in [1.82, 2.24) is 30.0 Å². The van der Waals surface area contributed by atoms with Crippen LogP contribution in [0.25, 0.3) is 17.2 Å². The Kier molecular flexibility index (Phi) is 5.67. The first kappa shape index (κ1) is 19.9.